The zero-order chi connectivity index (χ0) is 13.8. The molecule has 0 saturated heterocycles. The third kappa shape index (κ3) is 1.58. The van der Waals surface area contributed by atoms with E-state index in [1.165, 1.54) is 24.3 Å². The van der Waals surface area contributed by atoms with Crippen molar-refractivity contribution >= 4 is 11.6 Å². The summed E-state index contributed by atoms with van der Waals surface area (Å²) >= 11 is 0. The van der Waals surface area contributed by atoms with E-state index < -0.39 is 35.0 Å². The van der Waals surface area contributed by atoms with Crippen molar-refractivity contribution in [1.29, 1.82) is 0 Å². The minimum atomic E-state index is -4.73. The van der Waals surface area contributed by atoms with E-state index in [0.717, 1.165) is 0 Å². The molecule has 0 bridgehead atoms. The smallest absolute Gasteiger partial charge is 0.331 e. The lowest BCUT2D eigenvalue weighted by Gasteiger charge is -2.11. The molecule has 0 aliphatic heterocycles. The highest BCUT2D eigenvalue weighted by molar-refractivity contribution is 6.27. The van der Waals surface area contributed by atoms with Gasteiger partial charge in [-0.05, 0) is 0 Å². The molecule has 0 atom stereocenters. The highest BCUT2D eigenvalue weighted by atomic mass is 19.4. The fourth-order valence-electron chi connectivity index (χ4n) is 1.98. The average molecular weight is 266 g/mol. The summed E-state index contributed by atoms with van der Waals surface area (Å²) in [5.41, 5.74) is -0.732. The van der Waals surface area contributed by atoms with E-state index in [4.69, 9.17) is 0 Å². The van der Waals surface area contributed by atoms with Crippen LogP contribution in [0.2, 0.25) is 0 Å². The van der Waals surface area contributed by atoms with Gasteiger partial charge in [-0.15, -0.1) is 0 Å². The molecule has 7 heteroatoms. The summed E-state index contributed by atoms with van der Waals surface area (Å²) in [5, 5.41) is 0. The van der Waals surface area contributed by atoms with Crippen LogP contribution in [0.4, 0.5) is 13.2 Å². The SMILES string of the molecule is O=C1c2ccccc2C(=O)c2[nH]c(C(F)(F)F)nc21. The molecule has 0 radical (unpaired) electrons. The van der Waals surface area contributed by atoms with Crippen LogP contribution in [-0.2, 0) is 6.18 Å². The van der Waals surface area contributed by atoms with Crippen LogP contribution < -0.4 is 0 Å². The Balaban J connectivity index is 2.24. The molecule has 1 aliphatic rings. The van der Waals surface area contributed by atoms with Crippen LogP contribution in [0.1, 0.15) is 37.9 Å². The van der Waals surface area contributed by atoms with Gasteiger partial charge in [0.05, 0.1) is 0 Å². The predicted molar refractivity (Wildman–Crippen MR) is 56.9 cm³/mol. The van der Waals surface area contributed by atoms with Gasteiger partial charge in [0.2, 0.25) is 17.4 Å². The molecule has 96 valence electrons. The second-order valence-electron chi connectivity index (χ2n) is 4.01. The number of imidazole rings is 1. The van der Waals surface area contributed by atoms with Gasteiger partial charge in [0.25, 0.3) is 0 Å². The van der Waals surface area contributed by atoms with Crippen LogP contribution in [0.25, 0.3) is 0 Å². The standard InChI is InChI=1S/C12H5F3N2O2/c13-12(14,15)11-16-7-8(17-11)10(19)6-4-2-1-3-5(6)9(7)18/h1-4H,(H,16,17). The molecule has 4 nitrogen and oxygen atoms in total. The van der Waals surface area contributed by atoms with E-state index in [1.54, 1.807) is 0 Å². The molecule has 1 heterocycles. The van der Waals surface area contributed by atoms with Gasteiger partial charge >= 0.3 is 6.18 Å². The fourth-order valence-corrected chi connectivity index (χ4v) is 1.98. The maximum absolute atomic E-state index is 12.5. The van der Waals surface area contributed by atoms with Crippen molar-refractivity contribution in [3.05, 3.63) is 52.6 Å². The summed E-state index contributed by atoms with van der Waals surface area (Å²) in [6.45, 7) is 0. The zero-order valence-electron chi connectivity index (χ0n) is 9.21. The number of ketones is 2. The molecule has 0 spiro atoms. The molecule has 0 unspecified atom stereocenters. The number of alkyl halides is 3. The van der Waals surface area contributed by atoms with Gasteiger partial charge in [-0.3, -0.25) is 9.59 Å². The Morgan fingerprint density at radius 3 is 2.16 bits per heavy atom. The fraction of sp³-hybridized carbons (Fsp3) is 0.0833. The van der Waals surface area contributed by atoms with E-state index in [2.05, 4.69) is 4.98 Å². The summed E-state index contributed by atoms with van der Waals surface area (Å²) < 4.78 is 37.6. The third-order valence-electron chi connectivity index (χ3n) is 2.83. The van der Waals surface area contributed by atoms with Crippen molar-refractivity contribution in [3.63, 3.8) is 0 Å². The van der Waals surface area contributed by atoms with Gasteiger partial charge in [0.15, 0.2) is 0 Å². The number of nitrogens with zero attached hydrogens (tertiary/aromatic N) is 1. The van der Waals surface area contributed by atoms with Crippen molar-refractivity contribution in [2.24, 2.45) is 0 Å². The first kappa shape index (κ1) is 11.6. The maximum Gasteiger partial charge on any atom is 0.449 e. The van der Waals surface area contributed by atoms with E-state index in [9.17, 15) is 22.8 Å². The molecule has 0 fully saturated rings. The second kappa shape index (κ2) is 3.53. The van der Waals surface area contributed by atoms with E-state index in [0.29, 0.717) is 0 Å². The Bertz CT molecular complexity index is 664. The van der Waals surface area contributed by atoms with E-state index >= 15 is 0 Å². The number of H-pyrrole nitrogens is 1. The molecule has 19 heavy (non-hydrogen) atoms. The molecule has 1 aromatic carbocycles. The van der Waals surface area contributed by atoms with Crippen LogP contribution in [0.15, 0.2) is 24.3 Å². The Hall–Kier alpha value is -2.44. The maximum atomic E-state index is 12.5. The second-order valence-corrected chi connectivity index (χ2v) is 4.01. The van der Waals surface area contributed by atoms with Crippen molar-refractivity contribution in [1.82, 2.24) is 9.97 Å². The molecule has 0 amide bonds. The number of fused-ring (bicyclic) bond motifs is 2. The monoisotopic (exact) mass is 266 g/mol. The number of aromatic amines is 1. The number of carbonyl (C=O) groups excluding carboxylic acids is 2. The topological polar surface area (TPSA) is 62.8 Å². The molecule has 1 aromatic heterocycles. The Labute approximate surface area is 104 Å². The Kier molecular flexibility index (Phi) is 2.16. The first-order valence-electron chi connectivity index (χ1n) is 5.25. The van der Waals surface area contributed by atoms with Gasteiger partial charge in [-0.25, -0.2) is 4.98 Å². The zero-order valence-corrected chi connectivity index (χ0v) is 9.21. The average Bonchev–Trinajstić information content (AvgIpc) is 2.81. The highest BCUT2D eigenvalue weighted by Crippen LogP contribution is 2.31. The first-order chi connectivity index (χ1) is 8.89. The summed E-state index contributed by atoms with van der Waals surface area (Å²) in [6.07, 6.45) is -4.73. The molecule has 2 aromatic rings. The van der Waals surface area contributed by atoms with Crippen LogP contribution in [0, 0.1) is 0 Å². The predicted octanol–water partition coefficient (Wildman–Crippen LogP) is 2.20. The summed E-state index contributed by atoms with van der Waals surface area (Å²) in [7, 11) is 0. The molecule has 1 N–H and O–H groups in total. The number of hydrogen-bond donors (Lipinski definition) is 1. The lowest BCUT2D eigenvalue weighted by atomic mass is 9.90. The minimum absolute atomic E-state index is 0.0697. The molecule has 0 saturated carbocycles. The van der Waals surface area contributed by atoms with Gasteiger partial charge < -0.3 is 4.98 Å². The summed E-state index contributed by atoms with van der Waals surface area (Å²) in [4.78, 5) is 29.1. The van der Waals surface area contributed by atoms with Gasteiger partial charge in [-0.1, -0.05) is 24.3 Å². The Morgan fingerprint density at radius 1 is 1.00 bits per heavy atom. The highest BCUT2D eigenvalue weighted by Gasteiger charge is 2.40. The molecule has 1 aliphatic carbocycles. The first-order valence-corrected chi connectivity index (χ1v) is 5.25. The number of aromatic nitrogens is 2. The number of rotatable bonds is 0. The number of halogens is 3. The van der Waals surface area contributed by atoms with Gasteiger partial charge in [-0.2, -0.15) is 13.2 Å². The van der Waals surface area contributed by atoms with Crippen molar-refractivity contribution in [2.75, 3.05) is 0 Å². The Morgan fingerprint density at radius 2 is 1.58 bits per heavy atom. The molecular formula is C12H5F3N2O2. The summed E-state index contributed by atoms with van der Waals surface area (Å²) in [5.74, 6) is -2.68. The van der Waals surface area contributed by atoms with Crippen LogP contribution >= 0.6 is 0 Å². The lowest BCUT2D eigenvalue weighted by Crippen LogP contribution is -2.20. The van der Waals surface area contributed by atoms with Crippen LogP contribution in [-0.4, -0.2) is 21.5 Å². The minimum Gasteiger partial charge on any atom is -0.331 e. The quantitative estimate of drug-likeness (QED) is 0.678. The molecule has 3 rings (SSSR count). The number of benzene rings is 1. The van der Waals surface area contributed by atoms with Crippen LogP contribution in [0.3, 0.4) is 0 Å². The lowest BCUT2D eigenvalue weighted by molar-refractivity contribution is -0.144. The van der Waals surface area contributed by atoms with Crippen LogP contribution in [0.5, 0.6) is 0 Å². The number of nitrogens with one attached hydrogen (secondary N) is 1. The normalized spacial score (nSPS) is 14.3. The summed E-state index contributed by atoms with van der Waals surface area (Å²) in [6, 6.07) is 5.86. The van der Waals surface area contributed by atoms with Gasteiger partial charge in [0.1, 0.15) is 11.4 Å². The van der Waals surface area contributed by atoms with Gasteiger partial charge in [0, 0.05) is 11.1 Å². The number of carbonyl (C=O) groups is 2. The van der Waals surface area contributed by atoms with Crippen molar-refractivity contribution in [3.8, 4) is 0 Å². The number of hydrogen-bond acceptors (Lipinski definition) is 3. The third-order valence-corrected chi connectivity index (χ3v) is 2.83. The largest absolute Gasteiger partial charge is 0.449 e. The van der Waals surface area contributed by atoms with Crippen molar-refractivity contribution in [2.45, 2.75) is 6.18 Å². The van der Waals surface area contributed by atoms with Crippen molar-refractivity contribution < 1.29 is 22.8 Å². The van der Waals surface area contributed by atoms with E-state index in [1.807, 2.05) is 4.98 Å². The van der Waals surface area contributed by atoms with E-state index in [-0.39, 0.29) is 11.1 Å². The molecular weight excluding hydrogens is 261 g/mol.